The van der Waals surface area contributed by atoms with Gasteiger partial charge in [0.25, 0.3) is 0 Å². The molecule has 0 aliphatic carbocycles. The molecule has 0 saturated carbocycles. The summed E-state index contributed by atoms with van der Waals surface area (Å²) in [4.78, 5) is 11.9. The van der Waals surface area contributed by atoms with Gasteiger partial charge < -0.3 is 5.11 Å². The molecule has 2 rings (SSSR count). The van der Waals surface area contributed by atoms with Crippen molar-refractivity contribution in [3.05, 3.63) is 41.7 Å². The molecule has 0 radical (unpaired) electrons. The lowest BCUT2D eigenvalue weighted by Crippen LogP contribution is -2.10. The predicted octanol–water partition coefficient (Wildman–Crippen LogP) is 3.07. The topological polar surface area (TPSA) is 68.0 Å². The number of carboxylic acid groups (broad SMARTS) is 1. The zero-order valence-corrected chi connectivity index (χ0v) is 13.2. The summed E-state index contributed by atoms with van der Waals surface area (Å²) in [5.74, 6) is -0.233. The number of thioether (sulfide) groups is 1. The summed E-state index contributed by atoms with van der Waals surface area (Å²) in [6, 6.07) is 8.55. The lowest BCUT2D eigenvalue weighted by atomic mass is 9.87. The van der Waals surface area contributed by atoms with E-state index < -0.39 is 5.97 Å². The van der Waals surface area contributed by atoms with Crippen molar-refractivity contribution < 1.29 is 9.90 Å². The lowest BCUT2D eigenvalue weighted by molar-refractivity contribution is 0.0690. The van der Waals surface area contributed by atoms with Crippen molar-refractivity contribution in [2.75, 3.05) is 5.75 Å². The van der Waals surface area contributed by atoms with E-state index in [4.69, 9.17) is 5.11 Å². The highest BCUT2D eigenvalue weighted by atomic mass is 32.2. The van der Waals surface area contributed by atoms with Gasteiger partial charge in [0.15, 0.2) is 5.69 Å². The summed E-state index contributed by atoms with van der Waals surface area (Å²) in [5.41, 5.74) is 1.46. The first-order chi connectivity index (χ1) is 9.86. The normalized spacial score (nSPS) is 11.6. The van der Waals surface area contributed by atoms with E-state index in [9.17, 15) is 4.79 Å². The minimum Gasteiger partial charge on any atom is -0.476 e. The molecule has 0 amide bonds. The predicted molar refractivity (Wildman–Crippen MR) is 82.8 cm³/mol. The minimum atomic E-state index is -1.05. The average molecular weight is 305 g/mol. The lowest BCUT2D eigenvalue weighted by Gasteiger charge is -2.19. The van der Waals surface area contributed by atoms with E-state index in [1.54, 1.807) is 16.4 Å². The summed E-state index contributed by atoms with van der Waals surface area (Å²) in [5, 5.41) is 16.1. The summed E-state index contributed by atoms with van der Waals surface area (Å²) in [6.07, 6.45) is 1.45. The second-order valence-corrected chi connectivity index (χ2v) is 6.96. The van der Waals surface area contributed by atoms with Crippen molar-refractivity contribution in [3.63, 3.8) is 0 Å². The fourth-order valence-corrected chi connectivity index (χ4v) is 2.66. The fraction of sp³-hybridized carbons (Fsp3) is 0.400. The quantitative estimate of drug-likeness (QED) is 0.860. The largest absolute Gasteiger partial charge is 0.476 e. The van der Waals surface area contributed by atoms with Crippen molar-refractivity contribution in [2.24, 2.45) is 0 Å². The van der Waals surface area contributed by atoms with Gasteiger partial charge in [-0.3, -0.25) is 4.68 Å². The molecule has 1 heterocycles. The number of carboxylic acids is 1. The van der Waals surface area contributed by atoms with Crippen LogP contribution in [-0.4, -0.2) is 31.8 Å². The van der Waals surface area contributed by atoms with Gasteiger partial charge in [0.05, 0.1) is 12.7 Å². The third-order valence-electron chi connectivity index (χ3n) is 3.07. The number of aromatic carboxylic acids is 1. The third kappa shape index (κ3) is 4.32. The fourth-order valence-electron chi connectivity index (χ4n) is 1.81. The van der Waals surface area contributed by atoms with Gasteiger partial charge in [-0.15, -0.1) is 16.9 Å². The van der Waals surface area contributed by atoms with Crippen LogP contribution in [0.4, 0.5) is 0 Å². The van der Waals surface area contributed by atoms with E-state index in [1.165, 1.54) is 16.7 Å². The Kier molecular flexibility index (Phi) is 4.67. The van der Waals surface area contributed by atoms with Gasteiger partial charge in [0.2, 0.25) is 0 Å². The molecule has 2 aromatic rings. The highest BCUT2D eigenvalue weighted by molar-refractivity contribution is 7.99. The number of hydrogen-bond acceptors (Lipinski definition) is 4. The summed E-state index contributed by atoms with van der Waals surface area (Å²) in [6.45, 7) is 7.21. The number of benzene rings is 1. The van der Waals surface area contributed by atoms with Gasteiger partial charge in [-0.25, -0.2) is 4.79 Å². The molecular weight excluding hydrogens is 286 g/mol. The molecule has 0 aliphatic rings. The number of carbonyl (C=O) groups is 1. The molecule has 1 aromatic heterocycles. The molecule has 1 N–H and O–H groups in total. The smallest absolute Gasteiger partial charge is 0.358 e. The Morgan fingerprint density at radius 1 is 1.29 bits per heavy atom. The summed E-state index contributed by atoms with van der Waals surface area (Å²) in [7, 11) is 0. The molecule has 112 valence electrons. The molecule has 1 aromatic carbocycles. The first-order valence-corrected chi connectivity index (χ1v) is 7.71. The van der Waals surface area contributed by atoms with Crippen molar-refractivity contribution >= 4 is 17.7 Å². The Morgan fingerprint density at radius 3 is 2.48 bits per heavy atom. The SMILES string of the molecule is CC(C)(C)c1ccc(SCCn2cc(C(=O)O)nn2)cc1. The first-order valence-electron chi connectivity index (χ1n) is 6.73. The third-order valence-corrected chi connectivity index (χ3v) is 4.06. The van der Waals surface area contributed by atoms with Gasteiger partial charge in [-0.2, -0.15) is 0 Å². The van der Waals surface area contributed by atoms with E-state index >= 15 is 0 Å². The van der Waals surface area contributed by atoms with Gasteiger partial charge in [-0.1, -0.05) is 38.1 Å². The van der Waals surface area contributed by atoms with Crippen LogP contribution in [0.3, 0.4) is 0 Å². The second-order valence-electron chi connectivity index (χ2n) is 5.79. The van der Waals surface area contributed by atoms with Gasteiger partial charge in [0.1, 0.15) is 0 Å². The van der Waals surface area contributed by atoms with Crippen molar-refractivity contribution in [1.29, 1.82) is 0 Å². The maximum atomic E-state index is 10.7. The summed E-state index contributed by atoms with van der Waals surface area (Å²) < 4.78 is 1.56. The minimum absolute atomic E-state index is 0.0190. The highest BCUT2D eigenvalue weighted by Gasteiger charge is 2.13. The first kappa shape index (κ1) is 15.6. The van der Waals surface area contributed by atoms with Crippen LogP contribution >= 0.6 is 11.8 Å². The molecule has 0 spiro atoms. The van der Waals surface area contributed by atoms with Gasteiger partial charge in [-0.05, 0) is 23.1 Å². The van der Waals surface area contributed by atoms with Crippen LogP contribution < -0.4 is 0 Å². The zero-order valence-electron chi connectivity index (χ0n) is 12.4. The van der Waals surface area contributed by atoms with Crippen LogP contribution in [-0.2, 0) is 12.0 Å². The molecule has 0 fully saturated rings. The van der Waals surface area contributed by atoms with E-state index in [0.29, 0.717) is 6.54 Å². The highest BCUT2D eigenvalue weighted by Crippen LogP contribution is 2.25. The maximum Gasteiger partial charge on any atom is 0.358 e. The number of aryl methyl sites for hydroxylation is 1. The Labute approximate surface area is 128 Å². The Balaban J connectivity index is 1.87. The Bertz CT molecular complexity index is 615. The van der Waals surface area contributed by atoms with E-state index in [2.05, 4.69) is 55.3 Å². The van der Waals surface area contributed by atoms with Crippen molar-refractivity contribution in [3.8, 4) is 0 Å². The molecule has 0 aliphatic heterocycles. The molecule has 5 nitrogen and oxygen atoms in total. The molecule has 0 saturated heterocycles. The van der Waals surface area contributed by atoms with Crippen molar-refractivity contribution in [2.45, 2.75) is 37.6 Å². The monoisotopic (exact) mass is 305 g/mol. The van der Waals surface area contributed by atoms with Crippen LogP contribution in [0.1, 0.15) is 36.8 Å². The van der Waals surface area contributed by atoms with E-state index in [1.807, 2.05) is 0 Å². The van der Waals surface area contributed by atoms with Crippen LogP contribution in [0.15, 0.2) is 35.4 Å². The van der Waals surface area contributed by atoms with Crippen molar-refractivity contribution in [1.82, 2.24) is 15.0 Å². The Morgan fingerprint density at radius 2 is 1.95 bits per heavy atom. The molecule has 21 heavy (non-hydrogen) atoms. The van der Waals surface area contributed by atoms with Crippen LogP contribution in [0, 0.1) is 0 Å². The summed E-state index contributed by atoms with van der Waals surface area (Å²) >= 11 is 1.72. The van der Waals surface area contributed by atoms with Gasteiger partial charge >= 0.3 is 5.97 Å². The molecule has 0 unspecified atom stereocenters. The number of hydrogen-bond donors (Lipinski definition) is 1. The van der Waals surface area contributed by atoms with E-state index in [0.717, 1.165) is 5.75 Å². The standard InChI is InChI=1S/C15H19N3O2S/c1-15(2,3)11-4-6-12(7-5-11)21-9-8-18-10-13(14(19)20)16-17-18/h4-7,10H,8-9H2,1-3H3,(H,19,20). The molecular formula is C15H19N3O2S. The van der Waals surface area contributed by atoms with Gasteiger partial charge in [0, 0.05) is 10.6 Å². The van der Waals surface area contributed by atoms with E-state index in [-0.39, 0.29) is 11.1 Å². The molecule has 6 heteroatoms. The van der Waals surface area contributed by atoms with Crippen LogP contribution in [0.5, 0.6) is 0 Å². The average Bonchev–Trinajstić information content (AvgIpc) is 2.87. The van der Waals surface area contributed by atoms with Crippen LogP contribution in [0.25, 0.3) is 0 Å². The second kappa shape index (κ2) is 6.30. The molecule has 0 bridgehead atoms. The molecule has 0 atom stereocenters. The Hall–Kier alpha value is -1.82. The number of nitrogens with zero attached hydrogens (tertiary/aromatic N) is 3. The maximum absolute atomic E-state index is 10.7. The number of aromatic nitrogens is 3. The number of rotatable bonds is 5. The van der Waals surface area contributed by atoms with Crippen LogP contribution in [0.2, 0.25) is 0 Å². The zero-order chi connectivity index (χ0) is 15.5.